The van der Waals surface area contributed by atoms with Crippen LogP contribution in [0.2, 0.25) is 0 Å². The van der Waals surface area contributed by atoms with Gasteiger partial charge in [-0.3, -0.25) is 0 Å². The lowest BCUT2D eigenvalue weighted by Gasteiger charge is -2.25. The highest BCUT2D eigenvalue weighted by Gasteiger charge is 2.20. The Bertz CT molecular complexity index is 444. The molecule has 1 fully saturated rings. The number of hydrogen-bond donors (Lipinski definition) is 2. The van der Waals surface area contributed by atoms with Crippen LogP contribution in [0.5, 0.6) is 0 Å². The Morgan fingerprint density at radius 1 is 1.19 bits per heavy atom. The minimum absolute atomic E-state index is 0.0237. The summed E-state index contributed by atoms with van der Waals surface area (Å²) >= 11 is 0. The number of aliphatic hydroxyl groups is 1. The van der Waals surface area contributed by atoms with Crippen LogP contribution in [0.4, 0.5) is 8.78 Å². The third kappa shape index (κ3) is 4.75. The van der Waals surface area contributed by atoms with E-state index in [9.17, 15) is 13.9 Å². The van der Waals surface area contributed by atoms with Crippen molar-refractivity contribution < 1.29 is 13.9 Å². The Morgan fingerprint density at radius 2 is 1.86 bits per heavy atom. The van der Waals surface area contributed by atoms with E-state index in [0.29, 0.717) is 5.92 Å². The number of aliphatic hydroxyl groups excluding tert-OH is 1. The van der Waals surface area contributed by atoms with Gasteiger partial charge in [0.1, 0.15) is 11.6 Å². The quantitative estimate of drug-likeness (QED) is 0.807. The standard InChI is InChI=1S/C17H25F2NO/c1-12(13-6-4-2-3-5-7-13)20-11-17(21)15-10-14(18)8-9-16(15)19/h8-10,12-13,17,20-21H,2-7,11H2,1H3/t12-,17?/m1/s1. The Labute approximate surface area is 125 Å². The van der Waals surface area contributed by atoms with E-state index in [2.05, 4.69) is 12.2 Å². The van der Waals surface area contributed by atoms with Gasteiger partial charge in [0, 0.05) is 18.2 Å². The third-order valence-electron chi connectivity index (χ3n) is 4.56. The lowest BCUT2D eigenvalue weighted by molar-refractivity contribution is 0.159. The smallest absolute Gasteiger partial charge is 0.129 e. The largest absolute Gasteiger partial charge is 0.387 e. The van der Waals surface area contributed by atoms with E-state index in [-0.39, 0.29) is 18.2 Å². The molecule has 0 aromatic heterocycles. The summed E-state index contributed by atoms with van der Waals surface area (Å²) in [5.41, 5.74) is 0.0237. The van der Waals surface area contributed by atoms with E-state index in [1.165, 1.54) is 38.5 Å². The van der Waals surface area contributed by atoms with E-state index >= 15 is 0 Å². The number of hydrogen-bond acceptors (Lipinski definition) is 2. The van der Waals surface area contributed by atoms with Crippen molar-refractivity contribution in [2.24, 2.45) is 5.92 Å². The van der Waals surface area contributed by atoms with Crippen molar-refractivity contribution in [3.8, 4) is 0 Å². The molecule has 1 aliphatic carbocycles. The fraction of sp³-hybridized carbons (Fsp3) is 0.647. The molecule has 2 N–H and O–H groups in total. The second-order valence-corrected chi connectivity index (χ2v) is 6.13. The lowest BCUT2D eigenvalue weighted by atomic mass is 9.93. The summed E-state index contributed by atoms with van der Waals surface area (Å²) in [5, 5.41) is 13.3. The van der Waals surface area contributed by atoms with Gasteiger partial charge in [0.25, 0.3) is 0 Å². The van der Waals surface area contributed by atoms with Crippen LogP contribution in [0.25, 0.3) is 0 Å². The molecular weight excluding hydrogens is 272 g/mol. The van der Waals surface area contributed by atoms with Gasteiger partial charge < -0.3 is 10.4 Å². The Kier molecular flexibility index (Phi) is 6.12. The first-order valence-electron chi connectivity index (χ1n) is 7.94. The van der Waals surface area contributed by atoms with Crippen molar-refractivity contribution in [3.63, 3.8) is 0 Å². The maximum Gasteiger partial charge on any atom is 0.129 e. The molecule has 0 spiro atoms. The zero-order valence-electron chi connectivity index (χ0n) is 12.6. The van der Waals surface area contributed by atoms with Gasteiger partial charge in [-0.1, -0.05) is 25.7 Å². The number of halogens is 2. The Morgan fingerprint density at radius 3 is 2.52 bits per heavy atom. The molecule has 2 atom stereocenters. The van der Waals surface area contributed by atoms with Crippen molar-refractivity contribution in [2.45, 2.75) is 57.6 Å². The van der Waals surface area contributed by atoms with Gasteiger partial charge in [-0.05, 0) is 43.9 Å². The molecule has 21 heavy (non-hydrogen) atoms. The summed E-state index contributed by atoms with van der Waals surface area (Å²) in [7, 11) is 0. The van der Waals surface area contributed by atoms with Gasteiger partial charge in [0.15, 0.2) is 0 Å². The van der Waals surface area contributed by atoms with Crippen LogP contribution in [-0.2, 0) is 0 Å². The number of benzene rings is 1. The Balaban J connectivity index is 1.87. The third-order valence-corrected chi connectivity index (χ3v) is 4.56. The molecule has 1 saturated carbocycles. The van der Waals surface area contributed by atoms with Crippen molar-refractivity contribution in [2.75, 3.05) is 6.54 Å². The van der Waals surface area contributed by atoms with Gasteiger partial charge in [0.05, 0.1) is 6.10 Å². The first kappa shape index (κ1) is 16.4. The van der Waals surface area contributed by atoms with E-state index in [4.69, 9.17) is 0 Å². The molecule has 0 heterocycles. The molecular formula is C17H25F2NO. The maximum atomic E-state index is 13.6. The van der Waals surface area contributed by atoms with Crippen molar-refractivity contribution in [3.05, 3.63) is 35.4 Å². The summed E-state index contributed by atoms with van der Waals surface area (Å²) in [6.07, 6.45) is 6.53. The second kappa shape index (κ2) is 7.85. The fourth-order valence-electron chi connectivity index (χ4n) is 3.16. The normalized spacial score (nSPS) is 20.0. The minimum atomic E-state index is -1.02. The van der Waals surface area contributed by atoms with Gasteiger partial charge in [-0.25, -0.2) is 8.78 Å². The molecule has 1 aromatic carbocycles. The van der Waals surface area contributed by atoms with Gasteiger partial charge in [-0.2, -0.15) is 0 Å². The average Bonchev–Trinajstić information content (AvgIpc) is 2.76. The summed E-state index contributed by atoms with van der Waals surface area (Å²) in [5.74, 6) is -0.479. The van der Waals surface area contributed by atoms with Gasteiger partial charge >= 0.3 is 0 Å². The van der Waals surface area contributed by atoms with Crippen LogP contribution in [-0.4, -0.2) is 17.7 Å². The molecule has 0 amide bonds. The predicted octanol–water partition coefficient (Wildman–Crippen LogP) is 3.95. The van der Waals surface area contributed by atoms with Crippen LogP contribution in [0, 0.1) is 17.6 Å². The van der Waals surface area contributed by atoms with Crippen LogP contribution in [0.1, 0.15) is 57.1 Å². The predicted molar refractivity (Wildman–Crippen MR) is 80.0 cm³/mol. The van der Waals surface area contributed by atoms with E-state index in [0.717, 1.165) is 18.2 Å². The topological polar surface area (TPSA) is 32.3 Å². The molecule has 4 heteroatoms. The molecule has 0 aliphatic heterocycles. The highest BCUT2D eigenvalue weighted by Crippen LogP contribution is 2.26. The van der Waals surface area contributed by atoms with Crippen LogP contribution < -0.4 is 5.32 Å². The van der Waals surface area contributed by atoms with Crippen molar-refractivity contribution in [1.82, 2.24) is 5.32 Å². The molecule has 0 radical (unpaired) electrons. The number of rotatable bonds is 5. The van der Waals surface area contributed by atoms with Gasteiger partial charge in [0.2, 0.25) is 0 Å². The van der Waals surface area contributed by atoms with Crippen LogP contribution in [0.3, 0.4) is 0 Å². The van der Waals surface area contributed by atoms with E-state index in [1.54, 1.807) is 0 Å². The van der Waals surface area contributed by atoms with Crippen molar-refractivity contribution >= 4 is 0 Å². The van der Waals surface area contributed by atoms with E-state index < -0.39 is 17.7 Å². The minimum Gasteiger partial charge on any atom is -0.387 e. The lowest BCUT2D eigenvalue weighted by Crippen LogP contribution is -2.36. The first-order valence-corrected chi connectivity index (χ1v) is 7.94. The molecule has 1 aromatic rings. The van der Waals surface area contributed by atoms with Crippen LogP contribution >= 0.6 is 0 Å². The summed E-state index contributed by atoms with van der Waals surface area (Å²) in [4.78, 5) is 0. The molecule has 1 unspecified atom stereocenters. The molecule has 1 aliphatic rings. The highest BCUT2D eigenvalue weighted by molar-refractivity contribution is 5.21. The average molecular weight is 297 g/mol. The molecule has 0 bridgehead atoms. The molecule has 0 saturated heterocycles. The zero-order chi connectivity index (χ0) is 15.2. The summed E-state index contributed by atoms with van der Waals surface area (Å²) in [6.45, 7) is 2.36. The van der Waals surface area contributed by atoms with Crippen molar-refractivity contribution in [1.29, 1.82) is 0 Å². The molecule has 2 rings (SSSR count). The maximum absolute atomic E-state index is 13.6. The van der Waals surface area contributed by atoms with Gasteiger partial charge in [-0.15, -0.1) is 0 Å². The first-order chi connectivity index (χ1) is 10.1. The molecule has 2 nitrogen and oxygen atoms in total. The molecule has 118 valence electrons. The highest BCUT2D eigenvalue weighted by atomic mass is 19.1. The SMILES string of the molecule is C[C@@H](NCC(O)c1cc(F)ccc1F)C1CCCCCC1. The Hall–Kier alpha value is -1.00. The number of nitrogens with one attached hydrogen (secondary N) is 1. The zero-order valence-corrected chi connectivity index (χ0v) is 12.6. The fourth-order valence-corrected chi connectivity index (χ4v) is 3.16. The van der Waals surface area contributed by atoms with Crippen LogP contribution in [0.15, 0.2) is 18.2 Å². The monoisotopic (exact) mass is 297 g/mol. The summed E-state index contributed by atoms with van der Waals surface area (Å²) in [6, 6.07) is 3.47. The summed E-state index contributed by atoms with van der Waals surface area (Å²) < 4.78 is 26.7. The second-order valence-electron chi connectivity index (χ2n) is 6.13. The van der Waals surface area contributed by atoms with E-state index in [1.807, 2.05) is 0 Å².